The Kier molecular flexibility index (Phi) is 2.31. The number of nitrogens with one attached hydrogen (secondary N) is 1. The fourth-order valence-electron chi connectivity index (χ4n) is 2.37. The molecule has 0 saturated heterocycles. The van der Waals surface area contributed by atoms with Crippen molar-refractivity contribution in [3.8, 4) is 11.4 Å². The SMILES string of the molecule is [2H]c1nc(C([2H])([2H])[S+]([O-])c2nc3cc(-n4cccc4)ccc3[nH]2)c(C([2H])([2H])[2H])c(OC([2H])([2H])[2H])c1[2H]. The van der Waals surface area contributed by atoms with Crippen LogP contribution in [0, 0.1) is 6.85 Å². The first-order valence-corrected chi connectivity index (χ1v) is 8.51. The molecule has 4 rings (SSSR count). The van der Waals surface area contributed by atoms with E-state index in [-0.39, 0.29) is 5.16 Å². The van der Waals surface area contributed by atoms with Crippen LogP contribution in [0.15, 0.2) is 60.1 Å². The molecule has 1 unspecified atom stereocenters. The van der Waals surface area contributed by atoms with Crippen LogP contribution in [0.5, 0.6) is 5.75 Å². The second-order valence-corrected chi connectivity index (χ2v) is 6.34. The lowest BCUT2D eigenvalue weighted by atomic mass is 10.2. The Morgan fingerprint density at radius 3 is 3.12 bits per heavy atom. The minimum absolute atomic E-state index is 0.335. The van der Waals surface area contributed by atoms with Crippen LogP contribution >= 0.6 is 0 Å². The van der Waals surface area contributed by atoms with Crippen LogP contribution < -0.4 is 4.74 Å². The van der Waals surface area contributed by atoms with Gasteiger partial charge in [0, 0.05) is 45.1 Å². The number of pyridine rings is 1. The maximum atomic E-state index is 13.4. The summed E-state index contributed by atoms with van der Waals surface area (Å²) in [5.74, 6) is -1.05. The van der Waals surface area contributed by atoms with Gasteiger partial charge in [0.15, 0.2) is 5.70 Å². The first-order valence-electron chi connectivity index (χ1n) is 12.4. The molecule has 0 aliphatic carbocycles. The molecule has 6 nitrogen and oxygen atoms in total. The molecule has 0 aliphatic rings. The number of aromatic nitrogens is 4. The molecule has 1 N–H and O–H groups in total. The van der Waals surface area contributed by atoms with Gasteiger partial charge in [-0.15, -0.1) is 0 Å². The highest BCUT2D eigenvalue weighted by molar-refractivity contribution is 7.90. The molecular formula is C19H18N4O2S. The number of methoxy groups -OCH3 is 1. The molecule has 0 saturated carbocycles. The lowest BCUT2D eigenvalue weighted by Crippen LogP contribution is -2.10. The van der Waals surface area contributed by atoms with Crippen molar-refractivity contribution in [2.75, 3.05) is 7.04 Å². The van der Waals surface area contributed by atoms with Gasteiger partial charge in [-0.2, -0.15) is 4.98 Å². The van der Waals surface area contributed by atoms with Gasteiger partial charge in [-0.3, -0.25) is 9.97 Å². The summed E-state index contributed by atoms with van der Waals surface area (Å²) in [7, 11) is -3.21. The van der Waals surface area contributed by atoms with Crippen LogP contribution in [-0.2, 0) is 16.9 Å². The fourth-order valence-corrected chi connectivity index (χ4v) is 3.18. The third-order valence-corrected chi connectivity index (χ3v) is 4.54. The van der Waals surface area contributed by atoms with Crippen LogP contribution in [0.4, 0.5) is 0 Å². The Balaban J connectivity index is 1.84. The number of ether oxygens (including phenoxy) is 1. The Hall–Kier alpha value is -2.77. The molecule has 1 atom stereocenters. The highest BCUT2D eigenvalue weighted by Gasteiger charge is 2.20. The van der Waals surface area contributed by atoms with E-state index in [1.165, 1.54) is 0 Å². The van der Waals surface area contributed by atoms with Gasteiger partial charge >= 0.3 is 5.16 Å². The Morgan fingerprint density at radius 2 is 2.31 bits per heavy atom. The maximum absolute atomic E-state index is 13.4. The molecule has 4 aromatic rings. The van der Waals surface area contributed by atoms with Gasteiger partial charge in [0.1, 0.15) is 5.75 Å². The third kappa shape index (κ3) is 3.07. The minimum Gasteiger partial charge on any atom is -0.609 e. The van der Waals surface area contributed by atoms with Crippen molar-refractivity contribution in [3.63, 3.8) is 0 Å². The van der Waals surface area contributed by atoms with Gasteiger partial charge in [-0.25, -0.2) is 0 Å². The number of aromatic amines is 1. The van der Waals surface area contributed by atoms with Crippen LogP contribution in [0.1, 0.15) is 25.0 Å². The van der Waals surface area contributed by atoms with E-state index in [9.17, 15) is 4.55 Å². The number of benzene rings is 1. The smallest absolute Gasteiger partial charge is 0.322 e. The minimum atomic E-state index is -3.22. The molecule has 0 fully saturated rings. The first-order chi connectivity index (χ1) is 16.6. The van der Waals surface area contributed by atoms with Crippen molar-refractivity contribution >= 4 is 22.2 Å². The van der Waals surface area contributed by atoms with Crippen molar-refractivity contribution in [3.05, 3.63) is 66.2 Å². The topological polar surface area (TPSA) is 78.8 Å². The molecule has 0 spiro atoms. The van der Waals surface area contributed by atoms with E-state index in [2.05, 4.69) is 19.7 Å². The number of imidazole rings is 1. The molecule has 26 heavy (non-hydrogen) atoms. The highest BCUT2D eigenvalue weighted by Crippen LogP contribution is 2.24. The van der Waals surface area contributed by atoms with Gasteiger partial charge in [-0.05, 0) is 43.2 Å². The average molecular weight is 377 g/mol. The molecule has 0 bridgehead atoms. The van der Waals surface area contributed by atoms with E-state index in [0.29, 0.717) is 11.0 Å². The monoisotopic (exact) mass is 376 g/mol. The summed E-state index contributed by atoms with van der Waals surface area (Å²) in [6.07, 6.45) is 2.67. The molecule has 3 heterocycles. The Morgan fingerprint density at radius 1 is 1.42 bits per heavy atom. The molecule has 0 aliphatic heterocycles. The molecule has 3 aromatic heterocycles. The van der Waals surface area contributed by atoms with E-state index in [4.69, 9.17) is 13.7 Å². The zero-order chi connectivity index (χ0) is 26.6. The second-order valence-electron chi connectivity index (χ2n) is 5.21. The summed E-state index contributed by atoms with van der Waals surface area (Å²) in [6.45, 7) is -3.22. The van der Waals surface area contributed by atoms with E-state index >= 15 is 0 Å². The Labute approximate surface area is 168 Å². The Bertz CT molecular complexity index is 1420. The van der Waals surface area contributed by atoms with Crippen molar-refractivity contribution < 1.29 is 23.0 Å². The number of fused-ring (bicyclic) bond motifs is 1. The summed E-state index contributed by atoms with van der Waals surface area (Å²) in [6, 6.07) is 7.78. The number of rotatable bonds is 5. The second kappa shape index (κ2) is 6.86. The van der Waals surface area contributed by atoms with Crippen molar-refractivity contribution in [2.24, 2.45) is 0 Å². The summed E-state index contributed by atoms with van der Waals surface area (Å²) < 4.78 is 98.1. The van der Waals surface area contributed by atoms with Gasteiger partial charge in [0.2, 0.25) is 0 Å². The zero-order valence-electron chi connectivity index (χ0n) is 23.1. The molecule has 132 valence electrons. The molecule has 0 amide bonds. The first kappa shape index (κ1) is 8.75. The van der Waals surface area contributed by atoms with Crippen LogP contribution in [0.25, 0.3) is 16.7 Å². The number of H-pyrrole nitrogens is 1. The van der Waals surface area contributed by atoms with Crippen LogP contribution in [0.3, 0.4) is 0 Å². The van der Waals surface area contributed by atoms with Gasteiger partial charge in [0.05, 0.1) is 33.4 Å². The molecule has 1 aromatic carbocycles. The van der Waals surface area contributed by atoms with E-state index in [1.54, 1.807) is 35.2 Å². The lowest BCUT2D eigenvalue weighted by molar-refractivity contribution is 0.410. The van der Waals surface area contributed by atoms with Gasteiger partial charge < -0.3 is 13.9 Å². The summed E-state index contributed by atoms with van der Waals surface area (Å²) >= 11 is -2.71. The molecular weight excluding hydrogens is 348 g/mol. The van der Waals surface area contributed by atoms with Gasteiger partial charge in [0.25, 0.3) is 0 Å². The number of hydrogen-bond donors (Lipinski definition) is 1. The van der Waals surface area contributed by atoms with E-state index in [1.807, 2.05) is 12.1 Å². The number of nitrogens with zero attached hydrogens (tertiary/aromatic N) is 3. The zero-order valence-corrected chi connectivity index (χ0v) is 13.9. The van der Waals surface area contributed by atoms with Crippen LogP contribution in [-0.4, -0.2) is 31.1 Å². The predicted molar refractivity (Wildman–Crippen MR) is 101 cm³/mol. The average Bonchev–Trinajstić information content (AvgIpc) is 3.43. The summed E-state index contributed by atoms with van der Waals surface area (Å²) in [5, 5.41) is -0.335. The van der Waals surface area contributed by atoms with Crippen LogP contribution in [0.2, 0.25) is 0 Å². The standard InChI is InChI=1S/C19H18N4O2S/c1-13-17(20-8-7-18(13)25-2)12-26(24)19-21-15-6-5-14(11-16(15)22-19)23-9-3-4-10-23/h3-11H,12H2,1-2H3,(H,21,22)/i1D3,2D3,7D,8D,12D2. The quantitative estimate of drug-likeness (QED) is 0.542. The highest BCUT2D eigenvalue weighted by atomic mass is 32.2. The normalized spacial score (nSPS) is 19.6. The third-order valence-electron chi connectivity index (χ3n) is 3.62. The van der Waals surface area contributed by atoms with Crippen molar-refractivity contribution in [2.45, 2.75) is 17.7 Å². The largest absolute Gasteiger partial charge is 0.609 e. The molecule has 0 radical (unpaired) electrons. The van der Waals surface area contributed by atoms with Crippen molar-refractivity contribution in [1.29, 1.82) is 0 Å². The van der Waals surface area contributed by atoms with Crippen molar-refractivity contribution in [1.82, 2.24) is 19.5 Å². The number of hydrogen-bond acceptors (Lipinski definition) is 4. The van der Waals surface area contributed by atoms with E-state index in [0.717, 1.165) is 5.69 Å². The fraction of sp³-hybridized carbons (Fsp3) is 0.158. The maximum Gasteiger partial charge on any atom is 0.322 e. The molecule has 7 heteroatoms. The van der Waals surface area contributed by atoms with Gasteiger partial charge in [-0.1, -0.05) is 0 Å². The lowest BCUT2D eigenvalue weighted by Gasteiger charge is -2.10. The summed E-state index contributed by atoms with van der Waals surface area (Å²) in [5.41, 5.74) is -3.60. The van der Waals surface area contributed by atoms with E-state index < -0.39 is 60.0 Å². The predicted octanol–water partition coefficient (Wildman–Crippen LogP) is 3.37. The summed E-state index contributed by atoms with van der Waals surface area (Å²) in [4.78, 5) is 10.5.